The third-order valence-corrected chi connectivity index (χ3v) is 3.99. The Morgan fingerprint density at radius 2 is 1.88 bits per heavy atom. The number of amides is 1. The molecular weight excluding hydrogens is 384 g/mol. The predicted octanol–water partition coefficient (Wildman–Crippen LogP) is 4.55. The summed E-state index contributed by atoms with van der Waals surface area (Å²) in [5.74, 6) is 0.0201. The number of nitrogens with one attached hydrogen (secondary N) is 1. The van der Waals surface area contributed by atoms with Crippen molar-refractivity contribution >= 4 is 21.8 Å². The average molecular weight is 400 g/mol. The first-order chi connectivity index (χ1) is 11.4. The number of para-hydroxylation sites is 1. The molecular formula is C17H16BrF2NO3. The summed E-state index contributed by atoms with van der Waals surface area (Å²) in [4.78, 5) is 12.4. The molecule has 0 heterocycles. The molecule has 0 saturated heterocycles. The highest BCUT2D eigenvalue weighted by Gasteiger charge is 2.18. The molecule has 0 saturated carbocycles. The summed E-state index contributed by atoms with van der Waals surface area (Å²) in [6.45, 7) is -1.20. The molecule has 1 amide bonds. The Balaban J connectivity index is 2.16. The van der Waals surface area contributed by atoms with Gasteiger partial charge in [0.2, 0.25) is 0 Å². The molecule has 2 aromatic rings. The van der Waals surface area contributed by atoms with Crippen LogP contribution in [0.25, 0.3) is 0 Å². The molecule has 0 aromatic heterocycles. The van der Waals surface area contributed by atoms with Crippen molar-refractivity contribution in [2.24, 2.45) is 0 Å². The minimum atomic E-state index is -2.99. The molecule has 2 rings (SSSR count). The van der Waals surface area contributed by atoms with Crippen LogP contribution in [-0.4, -0.2) is 19.6 Å². The molecule has 1 atom stereocenters. The van der Waals surface area contributed by atoms with Gasteiger partial charge in [-0.05, 0) is 52.7 Å². The van der Waals surface area contributed by atoms with Crippen LogP contribution in [0.4, 0.5) is 8.78 Å². The fraction of sp³-hybridized carbons (Fsp3) is 0.235. The Labute approximate surface area is 146 Å². The molecule has 0 aliphatic heterocycles. The number of carbonyl (C=O) groups is 1. The van der Waals surface area contributed by atoms with Crippen molar-refractivity contribution in [3.63, 3.8) is 0 Å². The van der Waals surface area contributed by atoms with Crippen molar-refractivity contribution in [3.8, 4) is 11.5 Å². The Kier molecular flexibility index (Phi) is 6.14. The van der Waals surface area contributed by atoms with Gasteiger partial charge in [-0.2, -0.15) is 8.78 Å². The van der Waals surface area contributed by atoms with Gasteiger partial charge < -0.3 is 14.8 Å². The summed E-state index contributed by atoms with van der Waals surface area (Å²) in [7, 11) is 1.56. The highest BCUT2D eigenvalue weighted by atomic mass is 79.9. The number of hydrogen-bond donors (Lipinski definition) is 1. The van der Waals surface area contributed by atoms with E-state index in [9.17, 15) is 13.6 Å². The van der Waals surface area contributed by atoms with Crippen molar-refractivity contribution in [2.45, 2.75) is 19.6 Å². The van der Waals surface area contributed by atoms with Gasteiger partial charge in [-0.3, -0.25) is 4.79 Å². The Hall–Kier alpha value is -2.15. The summed E-state index contributed by atoms with van der Waals surface area (Å²) in [6, 6.07) is 11.0. The summed E-state index contributed by atoms with van der Waals surface area (Å²) < 4.78 is 35.2. The topological polar surface area (TPSA) is 47.6 Å². The number of carbonyl (C=O) groups excluding carboxylic acids is 1. The van der Waals surface area contributed by atoms with Gasteiger partial charge in [-0.25, -0.2) is 0 Å². The van der Waals surface area contributed by atoms with Gasteiger partial charge in [0.05, 0.1) is 23.2 Å². The lowest BCUT2D eigenvalue weighted by molar-refractivity contribution is -0.0501. The number of rotatable bonds is 6. The molecule has 128 valence electrons. The quantitative estimate of drug-likeness (QED) is 0.774. The van der Waals surface area contributed by atoms with E-state index in [4.69, 9.17) is 4.74 Å². The highest BCUT2D eigenvalue weighted by Crippen LogP contribution is 2.28. The molecule has 0 bridgehead atoms. The summed E-state index contributed by atoms with van der Waals surface area (Å²) in [5, 5.41) is 2.77. The number of halogens is 3. The molecule has 0 aliphatic carbocycles. The Bertz CT molecular complexity index is 725. The summed E-state index contributed by atoms with van der Waals surface area (Å²) in [6.07, 6.45) is 0. The highest BCUT2D eigenvalue weighted by molar-refractivity contribution is 9.10. The molecule has 7 heteroatoms. The van der Waals surface area contributed by atoms with Crippen LogP contribution in [0.5, 0.6) is 11.5 Å². The van der Waals surface area contributed by atoms with Gasteiger partial charge in [0.15, 0.2) is 0 Å². The number of hydrogen-bond acceptors (Lipinski definition) is 3. The van der Waals surface area contributed by atoms with E-state index in [0.717, 1.165) is 10.0 Å². The summed E-state index contributed by atoms with van der Waals surface area (Å²) in [5.41, 5.74) is 0.889. The van der Waals surface area contributed by atoms with Crippen molar-refractivity contribution in [2.75, 3.05) is 7.11 Å². The lowest BCUT2D eigenvalue weighted by Crippen LogP contribution is -2.27. The van der Waals surface area contributed by atoms with Crippen LogP contribution >= 0.6 is 15.9 Å². The monoisotopic (exact) mass is 399 g/mol. The molecule has 4 nitrogen and oxygen atoms in total. The maximum Gasteiger partial charge on any atom is 0.387 e. The SMILES string of the molecule is COc1ccc(C(C)NC(=O)c2ccccc2OC(F)F)cc1Br. The van der Waals surface area contributed by atoms with E-state index >= 15 is 0 Å². The van der Waals surface area contributed by atoms with Crippen molar-refractivity contribution in [1.29, 1.82) is 0 Å². The minimum Gasteiger partial charge on any atom is -0.496 e. The molecule has 1 N–H and O–H groups in total. The van der Waals surface area contributed by atoms with E-state index in [0.29, 0.717) is 5.75 Å². The largest absolute Gasteiger partial charge is 0.496 e. The normalized spacial score (nSPS) is 11.9. The molecule has 24 heavy (non-hydrogen) atoms. The van der Waals surface area contributed by atoms with Crippen molar-refractivity contribution in [1.82, 2.24) is 5.32 Å². The third-order valence-electron chi connectivity index (χ3n) is 3.37. The lowest BCUT2D eigenvalue weighted by Gasteiger charge is -2.17. The van der Waals surface area contributed by atoms with Crippen LogP contribution in [0.3, 0.4) is 0 Å². The first kappa shape index (κ1) is 18.2. The van der Waals surface area contributed by atoms with Gasteiger partial charge in [0.1, 0.15) is 11.5 Å². The van der Waals surface area contributed by atoms with E-state index in [1.165, 1.54) is 18.2 Å². The Morgan fingerprint density at radius 1 is 1.17 bits per heavy atom. The molecule has 0 fully saturated rings. The van der Waals surface area contributed by atoms with Crippen LogP contribution in [0.15, 0.2) is 46.9 Å². The average Bonchev–Trinajstić information content (AvgIpc) is 2.54. The number of ether oxygens (including phenoxy) is 2. The molecule has 0 radical (unpaired) electrons. The molecule has 0 spiro atoms. The zero-order chi connectivity index (χ0) is 17.7. The third kappa shape index (κ3) is 4.44. The minimum absolute atomic E-state index is 0.0530. The lowest BCUT2D eigenvalue weighted by atomic mass is 10.1. The smallest absolute Gasteiger partial charge is 0.387 e. The number of benzene rings is 2. The van der Waals surface area contributed by atoms with Crippen molar-refractivity contribution < 1.29 is 23.0 Å². The second-order valence-corrected chi connectivity index (χ2v) is 5.82. The fourth-order valence-corrected chi connectivity index (χ4v) is 2.72. The Morgan fingerprint density at radius 3 is 2.50 bits per heavy atom. The van der Waals surface area contributed by atoms with Gasteiger partial charge in [0, 0.05) is 0 Å². The van der Waals surface area contributed by atoms with Crippen LogP contribution in [0.2, 0.25) is 0 Å². The zero-order valence-electron chi connectivity index (χ0n) is 13.1. The van der Waals surface area contributed by atoms with Crippen LogP contribution in [-0.2, 0) is 0 Å². The van der Waals surface area contributed by atoms with E-state index in [2.05, 4.69) is 26.0 Å². The second kappa shape index (κ2) is 8.10. The molecule has 1 unspecified atom stereocenters. The standard InChI is InChI=1S/C17H16BrF2NO3/c1-10(11-7-8-15(23-2)13(18)9-11)21-16(22)12-5-3-4-6-14(12)24-17(19)20/h3-10,17H,1-2H3,(H,21,22). The maximum atomic E-state index is 12.4. The second-order valence-electron chi connectivity index (χ2n) is 4.96. The first-order valence-corrected chi connectivity index (χ1v) is 7.89. The number of methoxy groups -OCH3 is 1. The first-order valence-electron chi connectivity index (χ1n) is 7.10. The molecule has 0 aliphatic rings. The number of alkyl halides is 2. The predicted molar refractivity (Wildman–Crippen MR) is 89.6 cm³/mol. The van der Waals surface area contributed by atoms with E-state index < -0.39 is 12.5 Å². The van der Waals surface area contributed by atoms with Gasteiger partial charge >= 0.3 is 6.61 Å². The zero-order valence-corrected chi connectivity index (χ0v) is 14.6. The molecule has 2 aromatic carbocycles. The van der Waals surface area contributed by atoms with Crippen LogP contribution in [0, 0.1) is 0 Å². The van der Waals surface area contributed by atoms with Gasteiger partial charge in [-0.15, -0.1) is 0 Å². The van der Waals surface area contributed by atoms with E-state index in [1.807, 2.05) is 12.1 Å². The van der Waals surface area contributed by atoms with Gasteiger partial charge in [0.25, 0.3) is 5.91 Å². The summed E-state index contributed by atoms with van der Waals surface area (Å²) >= 11 is 3.38. The van der Waals surface area contributed by atoms with E-state index in [1.54, 1.807) is 26.2 Å². The fourth-order valence-electron chi connectivity index (χ4n) is 2.16. The van der Waals surface area contributed by atoms with Crippen LogP contribution < -0.4 is 14.8 Å². The van der Waals surface area contributed by atoms with E-state index in [-0.39, 0.29) is 17.4 Å². The maximum absolute atomic E-state index is 12.4. The van der Waals surface area contributed by atoms with Crippen molar-refractivity contribution in [3.05, 3.63) is 58.1 Å². The van der Waals surface area contributed by atoms with Gasteiger partial charge in [-0.1, -0.05) is 18.2 Å². The van der Waals surface area contributed by atoms with Crippen LogP contribution in [0.1, 0.15) is 28.9 Å².